The summed E-state index contributed by atoms with van der Waals surface area (Å²) < 4.78 is 5.77. The van der Waals surface area contributed by atoms with Gasteiger partial charge in [-0.25, -0.2) is 0 Å². The fraction of sp³-hybridized carbons (Fsp3) is 0.158. The molecule has 0 atom stereocenters. The fourth-order valence-electron chi connectivity index (χ4n) is 2.53. The molecule has 0 spiro atoms. The Morgan fingerprint density at radius 2 is 1.41 bits per heavy atom. The van der Waals surface area contributed by atoms with Crippen LogP contribution in [0, 0.1) is 0 Å². The van der Waals surface area contributed by atoms with E-state index in [2.05, 4.69) is 4.98 Å². The zero-order valence-corrected chi connectivity index (χ0v) is 12.3. The van der Waals surface area contributed by atoms with Crippen molar-refractivity contribution in [2.45, 2.75) is 12.2 Å². The zero-order chi connectivity index (χ0) is 15.3. The molecule has 3 aromatic rings. The van der Waals surface area contributed by atoms with Crippen molar-refractivity contribution in [1.29, 1.82) is 0 Å². The van der Waals surface area contributed by atoms with Crippen LogP contribution >= 0.6 is 0 Å². The van der Waals surface area contributed by atoms with Gasteiger partial charge >= 0.3 is 0 Å². The van der Waals surface area contributed by atoms with E-state index in [1.807, 2.05) is 79.0 Å². The fourth-order valence-corrected chi connectivity index (χ4v) is 2.53. The first-order valence-corrected chi connectivity index (χ1v) is 7.32. The number of H-pyrrole nitrogens is 1. The van der Waals surface area contributed by atoms with Gasteiger partial charge in [0.15, 0.2) is 0 Å². The van der Waals surface area contributed by atoms with Crippen LogP contribution in [0.2, 0.25) is 0 Å². The monoisotopic (exact) mass is 293 g/mol. The molecule has 1 heterocycles. The highest BCUT2D eigenvalue weighted by atomic mass is 16.5. The minimum atomic E-state index is -1.16. The van der Waals surface area contributed by atoms with Crippen LogP contribution < -0.4 is 0 Å². The van der Waals surface area contributed by atoms with Crippen molar-refractivity contribution in [1.82, 2.24) is 4.98 Å². The molecule has 0 aliphatic carbocycles. The Balaban J connectivity index is 1.83. The second-order valence-electron chi connectivity index (χ2n) is 5.28. The molecular formula is C19H19NO2. The van der Waals surface area contributed by atoms with Crippen LogP contribution in [-0.4, -0.2) is 16.7 Å². The van der Waals surface area contributed by atoms with Crippen LogP contribution in [0.1, 0.15) is 16.8 Å². The minimum Gasteiger partial charge on any atom is -0.378 e. The number of aromatic amines is 1. The summed E-state index contributed by atoms with van der Waals surface area (Å²) in [6.07, 6.45) is 1.86. The quantitative estimate of drug-likeness (QED) is 0.731. The molecule has 1 aromatic heterocycles. The van der Waals surface area contributed by atoms with Crippen LogP contribution in [0.5, 0.6) is 0 Å². The molecule has 0 saturated heterocycles. The maximum atomic E-state index is 11.2. The van der Waals surface area contributed by atoms with Gasteiger partial charge in [-0.15, -0.1) is 0 Å². The molecule has 22 heavy (non-hydrogen) atoms. The van der Waals surface area contributed by atoms with Crippen molar-refractivity contribution in [3.63, 3.8) is 0 Å². The standard InChI is InChI=1S/C19H19NO2/c21-19(16-8-3-1-4-9-16,17-10-5-2-6-11-17)15-22-14-18-12-7-13-20-18/h1-13,20-21H,14-15H2. The molecule has 0 unspecified atom stereocenters. The summed E-state index contributed by atoms with van der Waals surface area (Å²) in [5.41, 5.74) is 1.48. The SMILES string of the molecule is OC(COCc1ccc[nH]1)(c1ccccc1)c1ccccc1. The molecule has 3 nitrogen and oxygen atoms in total. The Hall–Kier alpha value is -2.36. The van der Waals surface area contributed by atoms with Gasteiger partial charge in [-0.05, 0) is 23.3 Å². The van der Waals surface area contributed by atoms with E-state index in [1.165, 1.54) is 0 Å². The summed E-state index contributed by atoms with van der Waals surface area (Å²) >= 11 is 0. The molecule has 0 fully saturated rings. The molecule has 2 aromatic carbocycles. The van der Waals surface area contributed by atoms with E-state index < -0.39 is 5.60 Å². The molecular weight excluding hydrogens is 274 g/mol. The maximum absolute atomic E-state index is 11.2. The summed E-state index contributed by atoms with van der Waals surface area (Å²) in [4.78, 5) is 3.10. The molecule has 0 aliphatic heterocycles. The molecule has 3 heteroatoms. The second-order valence-corrected chi connectivity index (χ2v) is 5.28. The number of rotatable bonds is 6. The normalized spacial score (nSPS) is 11.5. The molecule has 2 N–H and O–H groups in total. The number of aromatic nitrogens is 1. The maximum Gasteiger partial charge on any atom is 0.138 e. The third-order valence-corrected chi connectivity index (χ3v) is 3.73. The Kier molecular flexibility index (Phi) is 4.37. The van der Waals surface area contributed by atoms with Gasteiger partial charge in [0.1, 0.15) is 5.60 Å². The van der Waals surface area contributed by atoms with Crippen LogP contribution in [-0.2, 0) is 16.9 Å². The zero-order valence-electron chi connectivity index (χ0n) is 12.3. The third-order valence-electron chi connectivity index (χ3n) is 3.73. The van der Waals surface area contributed by atoms with Crippen molar-refractivity contribution >= 4 is 0 Å². The average Bonchev–Trinajstić information content (AvgIpc) is 3.10. The van der Waals surface area contributed by atoms with E-state index in [4.69, 9.17) is 4.74 Å². The van der Waals surface area contributed by atoms with Crippen molar-refractivity contribution in [3.05, 3.63) is 95.8 Å². The number of nitrogens with one attached hydrogen (secondary N) is 1. The minimum absolute atomic E-state index is 0.194. The van der Waals surface area contributed by atoms with Gasteiger partial charge in [-0.2, -0.15) is 0 Å². The van der Waals surface area contributed by atoms with E-state index in [1.54, 1.807) is 0 Å². The lowest BCUT2D eigenvalue weighted by atomic mass is 9.87. The highest BCUT2D eigenvalue weighted by molar-refractivity contribution is 5.36. The van der Waals surface area contributed by atoms with E-state index in [-0.39, 0.29) is 6.61 Å². The van der Waals surface area contributed by atoms with Crippen LogP contribution in [0.4, 0.5) is 0 Å². The summed E-state index contributed by atoms with van der Waals surface area (Å²) in [5.74, 6) is 0. The second kappa shape index (κ2) is 6.60. The predicted octanol–water partition coefficient (Wildman–Crippen LogP) is 3.47. The first-order valence-electron chi connectivity index (χ1n) is 7.32. The Morgan fingerprint density at radius 1 is 0.818 bits per heavy atom. The van der Waals surface area contributed by atoms with E-state index in [0.29, 0.717) is 6.61 Å². The number of hydrogen-bond donors (Lipinski definition) is 2. The van der Waals surface area contributed by atoms with Gasteiger partial charge in [0.2, 0.25) is 0 Å². The largest absolute Gasteiger partial charge is 0.378 e. The van der Waals surface area contributed by atoms with Crippen LogP contribution in [0.3, 0.4) is 0 Å². The summed E-state index contributed by atoms with van der Waals surface area (Å²) in [6, 6.07) is 23.2. The van der Waals surface area contributed by atoms with Crippen molar-refractivity contribution in [2.24, 2.45) is 0 Å². The summed E-state index contributed by atoms with van der Waals surface area (Å²) in [7, 11) is 0. The van der Waals surface area contributed by atoms with Gasteiger partial charge in [-0.1, -0.05) is 60.7 Å². The van der Waals surface area contributed by atoms with Gasteiger partial charge < -0.3 is 14.8 Å². The highest BCUT2D eigenvalue weighted by Crippen LogP contribution is 2.30. The predicted molar refractivity (Wildman–Crippen MR) is 86.3 cm³/mol. The number of ether oxygens (including phenoxy) is 1. The third kappa shape index (κ3) is 3.11. The van der Waals surface area contributed by atoms with Crippen molar-refractivity contribution < 1.29 is 9.84 Å². The lowest BCUT2D eigenvalue weighted by Gasteiger charge is -2.29. The molecule has 0 bridgehead atoms. The number of aliphatic hydroxyl groups is 1. The first-order chi connectivity index (χ1) is 10.8. The lowest BCUT2D eigenvalue weighted by Crippen LogP contribution is -2.33. The molecule has 112 valence electrons. The number of benzene rings is 2. The average molecular weight is 293 g/mol. The van der Waals surface area contributed by atoms with Gasteiger partial charge in [0.25, 0.3) is 0 Å². The molecule has 0 amide bonds. The van der Waals surface area contributed by atoms with Gasteiger partial charge in [-0.3, -0.25) is 0 Å². The van der Waals surface area contributed by atoms with Crippen LogP contribution in [0.15, 0.2) is 79.0 Å². The summed E-state index contributed by atoms with van der Waals surface area (Å²) in [5, 5.41) is 11.2. The number of hydrogen-bond acceptors (Lipinski definition) is 2. The molecule has 0 aliphatic rings. The topological polar surface area (TPSA) is 45.2 Å². The Bertz CT molecular complexity index is 638. The van der Waals surface area contributed by atoms with E-state index in [9.17, 15) is 5.11 Å². The first kappa shape index (κ1) is 14.6. The van der Waals surface area contributed by atoms with Gasteiger partial charge in [0, 0.05) is 11.9 Å². The molecule has 0 radical (unpaired) electrons. The smallest absolute Gasteiger partial charge is 0.138 e. The van der Waals surface area contributed by atoms with Gasteiger partial charge in [0.05, 0.1) is 13.2 Å². The summed E-state index contributed by atoms with van der Waals surface area (Å²) in [6.45, 7) is 0.634. The van der Waals surface area contributed by atoms with Crippen molar-refractivity contribution in [2.75, 3.05) is 6.61 Å². The lowest BCUT2D eigenvalue weighted by molar-refractivity contribution is -0.0290. The molecule has 3 rings (SSSR count). The highest BCUT2D eigenvalue weighted by Gasteiger charge is 2.31. The Morgan fingerprint density at radius 3 is 1.91 bits per heavy atom. The van der Waals surface area contributed by atoms with Crippen molar-refractivity contribution in [3.8, 4) is 0 Å². The van der Waals surface area contributed by atoms with Crippen LogP contribution in [0.25, 0.3) is 0 Å². The van der Waals surface area contributed by atoms with E-state index in [0.717, 1.165) is 16.8 Å². The Labute approximate surface area is 130 Å². The molecule has 0 saturated carbocycles. The van der Waals surface area contributed by atoms with E-state index >= 15 is 0 Å².